The van der Waals surface area contributed by atoms with Crippen molar-refractivity contribution in [2.75, 3.05) is 40.0 Å². The second-order valence-electron chi connectivity index (χ2n) is 5.54. The molecule has 0 aromatic heterocycles. The molecule has 5 heteroatoms. The second kappa shape index (κ2) is 9.10. The van der Waals surface area contributed by atoms with Crippen LogP contribution in [0.15, 0.2) is 18.2 Å². The number of rotatable bonds is 8. The summed E-state index contributed by atoms with van der Waals surface area (Å²) >= 11 is 0. The molecule has 0 aliphatic carbocycles. The molecule has 1 fully saturated rings. The van der Waals surface area contributed by atoms with Crippen molar-refractivity contribution in [3.05, 3.63) is 29.3 Å². The fourth-order valence-electron chi connectivity index (χ4n) is 2.76. The molecule has 22 heavy (non-hydrogen) atoms. The van der Waals surface area contributed by atoms with Gasteiger partial charge in [0.1, 0.15) is 5.75 Å². The van der Waals surface area contributed by atoms with Crippen molar-refractivity contribution < 1.29 is 19.3 Å². The fourth-order valence-corrected chi connectivity index (χ4v) is 2.76. The lowest BCUT2D eigenvalue weighted by Crippen LogP contribution is -2.42. The molecule has 124 valence electrons. The fraction of sp³-hybridized carbons (Fsp3) is 0.647. The molecule has 0 spiro atoms. The van der Waals surface area contributed by atoms with E-state index in [1.54, 1.807) is 7.11 Å². The Kier molecular flexibility index (Phi) is 7.12. The average molecular weight is 309 g/mol. The quantitative estimate of drug-likeness (QED) is 0.794. The first-order chi connectivity index (χ1) is 10.8. The van der Waals surface area contributed by atoms with Crippen molar-refractivity contribution >= 4 is 0 Å². The summed E-state index contributed by atoms with van der Waals surface area (Å²) in [5, 5.41) is 9.49. The van der Waals surface area contributed by atoms with E-state index in [-0.39, 0.29) is 12.7 Å². The predicted molar refractivity (Wildman–Crippen MR) is 85.0 cm³/mol. The van der Waals surface area contributed by atoms with Crippen molar-refractivity contribution in [1.82, 2.24) is 4.90 Å². The zero-order chi connectivity index (χ0) is 15.8. The number of hydrogen-bond acceptors (Lipinski definition) is 5. The van der Waals surface area contributed by atoms with Crippen molar-refractivity contribution in [2.24, 2.45) is 0 Å². The van der Waals surface area contributed by atoms with E-state index in [4.69, 9.17) is 14.2 Å². The summed E-state index contributed by atoms with van der Waals surface area (Å²) in [5.74, 6) is 0.772. The van der Waals surface area contributed by atoms with Crippen LogP contribution in [-0.4, -0.2) is 56.1 Å². The Hall–Kier alpha value is -1.14. The van der Waals surface area contributed by atoms with Crippen LogP contribution in [0.3, 0.4) is 0 Å². The van der Waals surface area contributed by atoms with Gasteiger partial charge in [-0.25, -0.2) is 0 Å². The minimum absolute atomic E-state index is 0.00273. The lowest BCUT2D eigenvalue weighted by Gasteiger charge is -2.33. The molecular formula is C17H27NO4. The van der Waals surface area contributed by atoms with E-state index in [2.05, 4.69) is 11.0 Å². The lowest BCUT2D eigenvalue weighted by molar-refractivity contribution is -0.0432. The Balaban J connectivity index is 1.94. The molecule has 1 heterocycles. The molecule has 1 aliphatic heterocycles. The van der Waals surface area contributed by atoms with Crippen LogP contribution in [0.25, 0.3) is 0 Å². The summed E-state index contributed by atoms with van der Waals surface area (Å²) in [6, 6.07) is 6.06. The Bertz CT molecular complexity index is 452. The van der Waals surface area contributed by atoms with Crippen molar-refractivity contribution in [2.45, 2.75) is 32.6 Å². The van der Waals surface area contributed by atoms with E-state index >= 15 is 0 Å². The van der Waals surface area contributed by atoms with Crippen LogP contribution in [0.2, 0.25) is 0 Å². The van der Waals surface area contributed by atoms with Crippen LogP contribution in [0, 0.1) is 0 Å². The first kappa shape index (κ1) is 17.2. The van der Waals surface area contributed by atoms with Gasteiger partial charge in [0, 0.05) is 38.9 Å². The molecule has 1 N–H and O–H groups in total. The Labute approximate surface area is 132 Å². The van der Waals surface area contributed by atoms with Gasteiger partial charge in [0.25, 0.3) is 0 Å². The van der Waals surface area contributed by atoms with Gasteiger partial charge in [0.2, 0.25) is 0 Å². The van der Waals surface area contributed by atoms with Gasteiger partial charge in [0.05, 0.1) is 25.9 Å². The van der Waals surface area contributed by atoms with Crippen LogP contribution in [-0.2, 0) is 22.6 Å². The van der Waals surface area contributed by atoms with E-state index in [1.165, 1.54) is 5.56 Å². The van der Waals surface area contributed by atoms with E-state index < -0.39 is 0 Å². The molecule has 2 rings (SSSR count). The maximum atomic E-state index is 9.49. The molecule has 0 bridgehead atoms. The van der Waals surface area contributed by atoms with Gasteiger partial charge in [-0.05, 0) is 31.0 Å². The smallest absolute Gasteiger partial charge is 0.124 e. The van der Waals surface area contributed by atoms with Gasteiger partial charge >= 0.3 is 0 Å². The summed E-state index contributed by atoms with van der Waals surface area (Å²) in [4.78, 5) is 2.39. The summed E-state index contributed by atoms with van der Waals surface area (Å²) in [6.45, 7) is 6.78. The monoisotopic (exact) mass is 309 g/mol. The van der Waals surface area contributed by atoms with Crippen LogP contribution < -0.4 is 4.74 Å². The molecular weight excluding hydrogens is 282 g/mol. The van der Waals surface area contributed by atoms with Gasteiger partial charge in [-0.1, -0.05) is 6.07 Å². The molecule has 1 aromatic rings. The topological polar surface area (TPSA) is 51.2 Å². The molecule has 0 radical (unpaired) electrons. The highest BCUT2D eigenvalue weighted by Crippen LogP contribution is 2.22. The maximum Gasteiger partial charge on any atom is 0.124 e. The highest BCUT2D eigenvalue weighted by Gasteiger charge is 2.20. The zero-order valence-electron chi connectivity index (χ0n) is 13.6. The van der Waals surface area contributed by atoms with Crippen LogP contribution in [0.1, 0.15) is 24.5 Å². The molecule has 1 aliphatic rings. The van der Waals surface area contributed by atoms with Crippen molar-refractivity contribution in [3.63, 3.8) is 0 Å². The number of morpholine rings is 1. The molecule has 0 amide bonds. The SMILES string of the molecule is CCOc1ccc(CN2CCO[C@H](CCOC)C2)cc1CO. The molecule has 0 saturated carbocycles. The largest absolute Gasteiger partial charge is 0.494 e. The van der Waals surface area contributed by atoms with Gasteiger partial charge in [-0.15, -0.1) is 0 Å². The predicted octanol–water partition coefficient (Wildman–Crippen LogP) is 1.81. The third kappa shape index (κ3) is 4.95. The number of methoxy groups -OCH3 is 1. The van der Waals surface area contributed by atoms with E-state index in [1.807, 2.05) is 19.1 Å². The molecule has 1 aromatic carbocycles. The van der Waals surface area contributed by atoms with Gasteiger partial charge < -0.3 is 19.3 Å². The van der Waals surface area contributed by atoms with Crippen LogP contribution >= 0.6 is 0 Å². The van der Waals surface area contributed by atoms with Gasteiger partial charge in [0.15, 0.2) is 0 Å². The lowest BCUT2D eigenvalue weighted by atomic mass is 10.1. The van der Waals surface area contributed by atoms with E-state index in [9.17, 15) is 5.11 Å². The summed E-state index contributed by atoms with van der Waals surface area (Å²) in [7, 11) is 1.72. The van der Waals surface area contributed by atoms with Gasteiger partial charge in [-0.3, -0.25) is 4.90 Å². The number of ether oxygens (including phenoxy) is 3. The average Bonchev–Trinajstić information content (AvgIpc) is 2.55. The number of aliphatic hydroxyl groups excluding tert-OH is 1. The summed E-state index contributed by atoms with van der Waals surface area (Å²) in [5.41, 5.74) is 2.04. The van der Waals surface area contributed by atoms with Crippen LogP contribution in [0.5, 0.6) is 5.75 Å². The molecule has 1 saturated heterocycles. The third-order valence-electron chi connectivity index (χ3n) is 3.87. The Morgan fingerprint density at radius 2 is 2.27 bits per heavy atom. The van der Waals surface area contributed by atoms with Gasteiger partial charge in [-0.2, -0.15) is 0 Å². The van der Waals surface area contributed by atoms with Crippen molar-refractivity contribution in [1.29, 1.82) is 0 Å². The number of hydrogen-bond donors (Lipinski definition) is 1. The third-order valence-corrected chi connectivity index (χ3v) is 3.87. The molecule has 1 atom stereocenters. The summed E-state index contributed by atoms with van der Waals surface area (Å²) < 4.78 is 16.4. The first-order valence-corrected chi connectivity index (χ1v) is 7.95. The van der Waals surface area contributed by atoms with Crippen molar-refractivity contribution in [3.8, 4) is 5.75 Å². The number of aliphatic hydroxyl groups is 1. The molecule has 0 unspecified atom stereocenters. The van der Waals surface area contributed by atoms with Crippen LogP contribution in [0.4, 0.5) is 0 Å². The number of nitrogens with zero attached hydrogens (tertiary/aromatic N) is 1. The molecule has 5 nitrogen and oxygen atoms in total. The van der Waals surface area contributed by atoms with E-state index in [0.717, 1.165) is 50.6 Å². The Morgan fingerprint density at radius 1 is 1.41 bits per heavy atom. The standard InChI is InChI=1S/C17H27NO4/c1-3-21-17-5-4-14(10-15(17)13-19)11-18-7-9-22-16(12-18)6-8-20-2/h4-5,10,16,19H,3,6-9,11-13H2,1-2H3/t16-/m1/s1. The summed E-state index contributed by atoms with van der Waals surface area (Å²) in [6.07, 6.45) is 1.17. The minimum Gasteiger partial charge on any atom is -0.494 e. The first-order valence-electron chi connectivity index (χ1n) is 7.95. The zero-order valence-corrected chi connectivity index (χ0v) is 13.6. The number of benzene rings is 1. The highest BCUT2D eigenvalue weighted by molar-refractivity contribution is 5.36. The van der Waals surface area contributed by atoms with E-state index in [0.29, 0.717) is 6.61 Å². The Morgan fingerprint density at radius 3 is 3.00 bits per heavy atom. The highest BCUT2D eigenvalue weighted by atomic mass is 16.5. The normalized spacial score (nSPS) is 19.3. The maximum absolute atomic E-state index is 9.49. The second-order valence-corrected chi connectivity index (χ2v) is 5.54. The minimum atomic E-state index is 0.00273.